The molecule has 0 saturated carbocycles. The number of allylic oxidation sites excluding steroid dienone is 3. The van der Waals surface area contributed by atoms with Gasteiger partial charge in [0, 0.05) is 39.1 Å². The Balaban J connectivity index is 2.88. The predicted octanol–water partition coefficient (Wildman–Crippen LogP) is 0.886. The SMILES string of the molecule is C/C=C(/C(=O)N[C@@H](C(=O)O)[C@H](C)C(=O)N[C@@H](CCCN=C(N)N)C(=O)O)N(C)C(=O)CC[C@@H](NC(=O)[C@@H](C)[C@@H](N)/C=C/C(C)=C/[C@H](C)[C@H](Cc1ccccc1)OC)C(=O)O. The third-order valence-corrected chi connectivity index (χ3v) is 9.80. The zero-order valence-corrected chi connectivity index (χ0v) is 35.3. The number of aliphatic imine (C=N–C) groups is 1. The Hall–Kier alpha value is -6.08. The molecular formula is C41H62N8O11. The van der Waals surface area contributed by atoms with Crippen LogP contribution in [0.15, 0.2) is 70.9 Å². The summed E-state index contributed by atoms with van der Waals surface area (Å²) in [4.78, 5) is 93.0. The predicted molar refractivity (Wildman–Crippen MR) is 224 cm³/mol. The van der Waals surface area contributed by atoms with Crippen molar-refractivity contribution >= 4 is 47.5 Å². The first kappa shape index (κ1) is 51.9. The molecule has 1 rings (SSSR count). The number of hydrogen-bond acceptors (Lipinski definition) is 10. The minimum Gasteiger partial charge on any atom is -0.480 e. The van der Waals surface area contributed by atoms with E-state index in [1.165, 1.54) is 33.9 Å². The number of nitrogens with two attached hydrogens (primary N) is 3. The lowest BCUT2D eigenvalue weighted by molar-refractivity contribution is -0.147. The molecule has 4 amide bonds. The lowest BCUT2D eigenvalue weighted by Crippen LogP contribution is -2.53. The molecule has 0 heterocycles. The summed E-state index contributed by atoms with van der Waals surface area (Å²) in [6, 6.07) is 4.43. The Morgan fingerprint density at radius 2 is 1.43 bits per heavy atom. The van der Waals surface area contributed by atoms with E-state index >= 15 is 0 Å². The molecule has 0 bridgehead atoms. The Bertz CT molecular complexity index is 1760. The van der Waals surface area contributed by atoms with Gasteiger partial charge in [0.2, 0.25) is 17.7 Å². The van der Waals surface area contributed by atoms with Gasteiger partial charge in [-0.25, -0.2) is 14.4 Å². The Kier molecular flexibility index (Phi) is 22.6. The van der Waals surface area contributed by atoms with Gasteiger partial charge >= 0.3 is 17.9 Å². The third kappa shape index (κ3) is 17.8. The first-order chi connectivity index (χ1) is 28.1. The van der Waals surface area contributed by atoms with E-state index in [1.54, 1.807) is 19.3 Å². The summed E-state index contributed by atoms with van der Waals surface area (Å²) < 4.78 is 5.72. The van der Waals surface area contributed by atoms with Crippen LogP contribution in [0.5, 0.6) is 0 Å². The number of aliphatic carboxylic acids is 3. The largest absolute Gasteiger partial charge is 0.480 e. The minimum atomic E-state index is -1.85. The van der Waals surface area contributed by atoms with Crippen molar-refractivity contribution in [2.75, 3.05) is 20.7 Å². The molecule has 0 spiro atoms. The molecule has 0 fully saturated rings. The molecule has 0 unspecified atom stereocenters. The van der Waals surface area contributed by atoms with Crippen LogP contribution in [0.4, 0.5) is 0 Å². The quantitative estimate of drug-likeness (QED) is 0.0206. The van der Waals surface area contributed by atoms with Crippen molar-refractivity contribution < 1.29 is 53.6 Å². The molecular weight excluding hydrogens is 780 g/mol. The van der Waals surface area contributed by atoms with Crippen molar-refractivity contribution in [2.24, 2.45) is 39.9 Å². The number of carbonyl (C=O) groups excluding carboxylic acids is 4. The number of amides is 4. The normalized spacial score (nSPS) is 15.9. The van der Waals surface area contributed by atoms with E-state index in [1.807, 2.05) is 50.3 Å². The van der Waals surface area contributed by atoms with Gasteiger partial charge in [0.1, 0.15) is 23.8 Å². The van der Waals surface area contributed by atoms with Crippen molar-refractivity contribution in [2.45, 2.75) is 97.0 Å². The fourth-order valence-electron chi connectivity index (χ4n) is 5.95. The smallest absolute Gasteiger partial charge is 0.327 e. The van der Waals surface area contributed by atoms with Crippen LogP contribution in [0.2, 0.25) is 0 Å². The molecule has 60 heavy (non-hydrogen) atoms. The molecule has 8 atom stereocenters. The summed E-state index contributed by atoms with van der Waals surface area (Å²) in [6.45, 7) is 8.12. The summed E-state index contributed by atoms with van der Waals surface area (Å²) in [5.41, 5.74) is 18.5. The topological polar surface area (TPSA) is 319 Å². The summed E-state index contributed by atoms with van der Waals surface area (Å²) >= 11 is 0. The fraction of sp³-hybridized carbons (Fsp3) is 0.512. The van der Waals surface area contributed by atoms with Crippen molar-refractivity contribution in [1.82, 2.24) is 20.9 Å². The molecule has 0 aromatic heterocycles. The second kappa shape index (κ2) is 26.1. The highest BCUT2D eigenvalue weighted by Gasteiger charge is 2.35. The lowest BCUT2D eigenvalue weighted by Gasteiger charge is -2.26. The highest BCUT2D eigenvalue weighted by molar-refractivity contribution is 6.00. The number of likely N-dealkylation sites (N-methyl/N-ethyl adjacent to an activating group) is 1. The van der Waals surface area contributed by atoms with E-state index in [-0.39, 0.29) is 49.5 Å². The highest BCUT2D eigenvalue weighted by Crippen LogP contribution is 2.18. The number of nitrogens with one attached hydrogen (secondary N) is 3. The van der Waals surface area contributed by atoms with E-state index in [2.05, 4.69) is 20.9 Å². The average molecular weight is 843 g/mol. The number of rotatable bonds is 26. The van der Waals surface area contributed by atoms with Crippen LogP contribution in [0.1, 0.15) is 65.9 Å². The van der Waals surface area contributed by atoms with Crippen LogP contribution in [-0.4, -0.2) is 119 Å². The van der Waals surface area contributed by atoms with Crippen LogP contribution >= 0.6 is 0 Å². The van der Waals surface area contributed by atoms with Gasteiger partial charge in [-0.1, -0.05) is 81.0 Å². The van der Waals surface area contributed by atoms with Crippen molar-refractivity contribution in [3.05, 3.63) is 71.5 Å². The minimum absolute atomic E-state index is 0.0533. The van der Waals surface area contributed by atoms with Crippen molar-refractivity contribution in [1.29, 1.82) is 0 Å². The number of methoxy groups -OCH3 is 1. The van der Waals surface area contributed by atoms with Crippen LogP contribution in [0.3, 0.4) is 0 Å². The van der Waals surface area contributed by atoms with Gasteiger partial charge in [-0.3, -0.25) is 24.2 Å². The van der Waals surface area contributed by atoms with Crippen LogP contribution in [0.25, 0.3) is 0 Å². The molecule has 1 aromatic rings. The first-order valence-electron chi connectivity index (χ1n) is 19.4. The van der Waals surface area contributed by atoms with E-state index in [0.717, 1.165) is 22.5 Å². The lowest BCUT2D eigenvalue weighted by atomic mass is 9.95. The van der Waals surface area contributed by atoms with E-state index in [0.29, 0.717) is 0 Å². The number of carboxylic acid groups (broad SMARTS) is 3. The maximum Gasteiger partial charge on any atom is 0.327 e. The highest BCUT2D eigenvalue weighted by atomic mass is 16.5. The number of benzene rings is 1. The van der Waals surface area contributed by atoms with Gasteiger partial charge < -0.3 is 58.1 Å². The Morgan fingerprint density at radius 1 is 0.867 bits per heavy atom. The van der Waals surface area contributed by atoms with E-state index in [4.69, 9.17) is 21.9 Å². The summed E-state index contributed by atoms with van der Waals surface area (Å²) in [6.07, 6.45) is 6.61. The summed E-state index contributed by atoms with van der Waals surface area (Å²) in [7, 11) is 2.87. The summed E-state index contributed by atoms with van der Waals surface area (Å²) in [5.74, 6) is -10.3. The van der Waals surface area contributed by atoms with Crippen LogP contribution in [-0.2, 0) is 44.7 Å². The molecule has 0 aliphatic heterocycles. The van der Waals surface area contributed by atoms with Crippen molar-refractivity contribution in [3.63, 3.8) is 0 Å². The van der Waals surface area contributed by atoms with Gasteiger partial charge in [-0.05, 0) is 45.1 Å². The molecule has 0 radical (unpaired) electrons. The molecule has 1 aromatic carbocycles. The van der Waals surface area contributed by atoms with Gasteiger partial charge in [0.05, 0.1) is 17.9 Å². The molecule has 12 N–H and O–H groups in total. The molecule has 19 nitrogen and oxygen atoms in total. The average Bonchev–Trinajstić information content (AvgIpc) is 3.19. The first-order valence-corrected chi connectivity index (χ1v) is 19.4. The van der Waals surface area contributed by atoms with Gasteiger partial charge in [0.25, 0.3) is 5.91 Å². The van der Waals surface area contributed by atoms with Gasteiger partial charge in [0.15, 0.2) is 5.96 Å². The second-order valence-electron chi connectivity index (χ2n) is 14.4. The monoisotopic (exact) mass is 842 g/mol. The standard InChI is InChI=1S/C41H62N8O11/c1-8-31(37(53)48-34(40(58)59)26(5)36(52)46-29(38(54)55)15-12-20-45-41(43)44)49(6)33(50)19-18-30(39(56)57)47-35(51)25(4)28(42)17-16-23(2)21-24(3)32(60-7)22-27-13-10-9-11-14-27/h8-11,13-14,16-17,21,24-26,28-30,32,34H,12,15,18-20,22,42H2,1-7H3,(H,46,52)(H,47,51)(H,48,53)(H,54,55)(H,56,57)(H,58,59)(H4,43,44,45)/b17-16+,23-21+,31-8-/t24-,25-,26-,28-,29-,30+,32-,34+/m0/s1. The van der Waals surface area contributed by atoms with Crippen LogP contribution in [0, 0.1) is 17.8 Å². The Labute approximate surface area is 350 Å². The number of carboxylic acids is 3. The third-order valence-electron chi connectivity index (χ3n) is 9.80. The number of ether oxygens (including phenoxy) is 1. The summed E-state index contributed by atoms with van der Waals surface area (Å²) in [5, 5.41) is 36.1. The second-order valence-corrected chi connectivity index (χ2v) is 14.4. The molecule has 0 saturated heterocycles. The maximum absolute atomic E-state index is 13.2. The molecule has 19 heteroatoms. The zero-order chi connectivity index (χ0) is 45.7. The maximum atomic E-state index is 13.2. The van der Waals surface area contributed by atoms with Crippen LogP contribution < -0.4 is 33.2 Å². The fourth-order valence-corrected chi connectivity index (χ4v) is 5.95. The zero-order valence-electron chi connectivity index (χ0n) is 35.3. The van der Waals surface area contributed by atoms with Gasteiger partial charge in [-0.2, -0.15) is 0 Å². The number of hydrogen-bond donors (Lipinski definition) is 9. The van der Waals surface area contributed by atoms with E-state index < -0.39 is 84.0 Å². The number of guanidine groups is 1. The number of carbonyl (C=O) groups is 7. The van der Waals surface area contributed by atoms with Gasteiger partial charge in [-0.15, -0.1) is 0 Å². The molecule has 0 aliphatic rings. The molecule has 0 aliphatic carbocycles. The Morgan fingerprint density at radius 3 is 1.95 bits per heavy atom. The van der Waals surface area contributed by atoms with E-state index in [9.17, 15) is 48.9 Å². The number of nitrogens with zero attached hydrogens (tertiary/aromatic N) is 2. The molecule has 332 valence electrons. The van der Waals surface area contributed by atoms with Crippen molar-refractivity contribution in [3.8, 4) is 0 Å².